The Labute approximate surface area is 93.6 Å². The Morgan fingerprint density at radius 1 is 1.50 bits per heavy atom. The number of aromatic nitrogens is 4. The van der Waals surface area contributed by atoms with Crippen molar-refractivity contribution in [3.05, 3.63) is 36.9 Å². The number of anilines is 1. The summed E-state index contributed by atoms with van der Waals surface area (Å²) in [4.78, 5) is 29.2. The Kier molecular flexibility index (Phi) is 2.82. The minimum atomic E-state index is -0.621. The fraction of sp³-hybridized carbons (Fsp3) is 0.250. The third-order valence-electron chi connectivity index (χ3n) is 1.97. The Morgan fingerprint density at radius 3 is 2.94 bits per heavy atom. The predicted molar refractivity (Wildman–Crippen MR) is 59.7 cm³/mol. The van der Waals surface area contributed by atoms with Gasteiger partial charge in [-0.15, -0.1) is 16.4 Å². The lowest BCUT2D eigenvalue weighted by atomic mass is 10.4. The predicted octanol–water partition coefficient (Wildman–Crippen LogP) is -0.165. The van der Waals surface area contributed by atoms with Crippen LogP contribution in [0.15, 0.2) is 15.1 Å². The highest BCUT2D eigenvalue weighted by Gasteiger charge is 2.04. The number of hydrogen-bond acceptors (Lipinski definition) is 6. The van der Waals surface area contributed by atoms with Gasteiger partial charge in [-0.05, 0) is 6.92 Å². The molecular formula is C8H9N5O2S. The van der Waals surface area contributed by atoms with Gasteiger partial charge in [0.2, 0.25) is 5.82 Å². The van der Waals surface area contributed by atoms with Crippen LogP contribution in [0.3, 0.4) is 0 Å². The van der Waals surface area contributed by atoms with E-state index in [2.05, 4.69) is 25.5 Å². The SMILES string of the molecule is Cc1ncsc1CNc1n[nH]c(=O)[nH]c1=O. The van der Waals surface area contributed by atoms with Gasteiger partial charge in [0.05, 0.1) is 17.7 Å². The molecule has 7 nitrogen and oxygen atoms in total. The summed E-state index contributed by atoms with van der Waals surface area (Å²) in [5.41, 5.74) is 1.49. The molecular weight excluding hydrogens is 230 g/mol. The number of aryl methyl sites for hydroxylation is 1. The average Bonchev–Trinajstić information content (AvgIpc) is 2.63. The Morgan fingerprint density at radius 2 is 2.31 bits per heavy atom. The molecule has 0 aliphatic carbocycles. The van der Waals surface area contributed by atoms with Crippen LogP contribution in [0, 0.1) is 6.92 Å². The van der Waals surface area contributed by atoms with E-state index in [1.807, 2.05) is 6.92 Å². The number of nitrogens with one attached hydrogen (secondary N) is 3. The lowest BCUT2D eigenvalue weighted by molar-refractivity contribution is 0.883. The first kappa shape index (κ1) is 10.6. The van der Waals surface area contributed by atoms with E-state index in [1.165, 1.54) is 11.3 Å². The van der Waals surface area contributed by atoms with Crippen molar-refractivity contribution >= 4 is 17.2 Å². The third-order valence-corrected chi connectivity index (χ3v) is 2.91. The summed E-state index contributed by atoms with van der Waals surface area (Å²) in [7, 11) is 0. The number of rotatable bonds is 3. The van der Waals surface area contributed by atoms with Crippen molar-refractivity contribution in [2.75, 3.05) is 5.32 Å². The maximum absolute atomic E-state index is 11.3. The summed E-state index contributed by atoms with van der Waals surface area (Å²) in [5.74, 6) is 0.0902. The summed E-state index contributed by atoms with van der Waals surface area (Å²) in [6.07, 6.45) is 0. The van der Waals surface area contributed by atoms with Gasteiger partial charge >= 0.3 is 5.69 Å². The first-order valence-electron chi connectivity index (χ1n) is 4.48. The van der Waals surface area contributed by atoms with Crippen LogP contribution in [-0.2, 0) is 6.54 Å². The Balaban J connectivity index is 2.14. The fourth-order valence-electron chi connectivity index (χ4n) is 1.13. The number of hydrogen-bond donors (Lipinski definition) is 3. The molecule has 0 aliphatic heterocycles. The van der Waals surface area contributed by atoms with Crippen LogP contribution < -0.4 is 16.6 Å². The zero-order valence-electron chi connectivity index (χ0n) is 8.40. The monoisotopic (exact) mass is 239 g/mol. The molecule has 0 saturated carbocycles. The second kappa shape index (κ2) is 4.27. The standard InChI is InChI=1S/C8H9N5O2S/c1-4-5(16-3-10-4)2-9-6-7(14)11-8(15)13-12-6/h3H,2H2,1H3,(H,9,12)(H2,11,13,14,15). The van der Waals surface area contributed by atoms with E-state index in [-0.39, 0.29) is 5.82 Å². The lowest BCUT2D eigenvalue weighted by Gasteiger charge is -2.01. The van der Waals surface area contributed by atoms with Crippen LogP contribution in [0.1, 0.15) is 10.6 Å². The zero-order chi connectivity index (χ0) is 11.5. The van der Waals surface area contributed by atoms with Crippen LogP contribution in [0.5, 0.6) is 0 Å². The molecule has 3 N–H and O–H groups in total. The fourth-order valence-corrected chi connectivity index (χ4v) is 1.84. The van der Waals surface area contributed by atoms with E-state index in [0.29, 0.717) is 6.54 Å². The average molecular weight is 239 g/mol. The van der Waals surface area contributed by atoms with Crippen molar-refractivity contribution in [2.45, 2.75) is 13.5 Å². The van der Waals surface area contributed by atoms with Gasteiger partial charge in [-0.1, -0.05) is 0 Å². The van der Waals surface area contributed by atoms with Gasteiger partial charge < -0.3 is 5.32 Å². The summed E-state index contributed by atoms with van der Waals surface area (Å²) in [6.45, 7) is 2.34. The van der Waals surface area contributed by atoms with E-state index in [9.17, 15) is 9.59 Å². The molecule has 0 unspecified atom stereocenters. The van der Waals surface area contributed by atoms with Gasteiger partial charge in [0.25, 0.3) is 5.56 Å². The van der Waals surface area contributed by atoms with Gasteiger partial charge in [0.1, 0.15) is 0 Å². The number of thiazole rings is 1. The molecule has 0 saturated heterocycles. The second-order valence-electron chi connectivity index (χ2n) is 3.07. The molecule has 0 atom stereocenters. The van der Waals surface area contributed by atoms with Crippen molar-refractivity contribution < 1.29 is 0 Å². The van der Waals surface area contributed by atoms with Crippen molar-refractivity contribution in [1.29, 1.82) is 0 Å². The van der Waals surface area contributed by atoms with Gasteiger partial charge in [-0.2, -0.15) is 0 Å². The van der Waals surface area contributed by atoms with E-state index < -0.39 is 11.2 Å². The van der Waals surface area contributed by atoms with Gasteiger partial charge in [0.15, 0.2) is 0 Å². The molecule has 16 heavy (non-hydrogen) atoms. The molecule has 8 heteroatoms. The first-order chi connectivity index (χ1) is 7.66. The minimum Gasteiger partial charge on any atom is -0.359 e. The van der Waals surface area contributed by atoms with Crippen molar-refractivity contribution in [3.8, 4) is 0 Å². The molecule has 0 radical (unpaired) electrons. The molecule has 0 amide bonds. The van der Waals surface area contributed by atoms with Gasteiger partial charge in [-0.3, -0.25) is 9.78 Å². The van der Waals surface area contributed by atoms with Crippen LogP contribution in [0.4, 0.5) is 5.82 Å². The summed E-state index contributed by atoms with van der Waals surface area (Å²) >= 11 is 1.49. The van der Waals surface area contributed by atoms with Crippen LogP contribution in [-0.4, -0.2) is 20.2 Å². The molecule has 0 bridgehead atoms. The Bertz CT molecular complexity index is 599. The normalized spacial score (nSPS) is 10.3. The summed E-state index contributed by atoms with van der Waals surface area (Å²) < 4.78 is 0. The van der Waals surface area contributed by atoms with E-state index in [1.54, 1.807) is 5.51 Å². The van der Waals surface area contributed by atoms with Crippen LogP contribution in [0.25, 0.3) is 0 Å². The molecule has 0 aliphatic rings. The van der Waals surface area contributed by atoms with Gasteiger partial charge in [-0.25, -0.2) is 14.9 Å². The highest BCUT2D eigenvalue weighted by molar-refractivity contribution is 7.09. The summed E-state index contributed by atoms with van der Waals surface area (Å²) in [6, 6.07) is 0. The molecule has 2 rings (SSSR count). The molecule has 2 aromatic heterocycles. The maximum Gasteiger partial charge on any atom is 0.342 e. The lowest BCUT2D eigenvalue weighted by Crippen LogP contribution is -2.26. The van der Waals surface area contributed by atoms with Crippen molar-refractivity contribution in [2.24, 2.45) is 0 Å². The Hall–Kier alpha value is -1.96. The number of H-pyrrole nitrogens is 2. The smallest absolute Gasteiger partial charge is 0.342 e. The van der Waals surface area contributed by atoms with Crippen LogP contribution in [0.2, 0.25) is 0 Å². The zero-order valence-corrected chi connectivity index (χ0v) is 9.22. The van der Waals surface area contributed by atoms with E-state index >= 15 is 0 Å². The quantitative estimate of drug-likeness (QED) is 0.690. The number of aromatic amines is 2. The minimum absolute atomic E-state index is 0.0902. The molecule has 2 heterocycles. The highest BCUT2D eigenvalue weighted by Crippen LogP contribution is 2.12. The summed E-state index contributed by atoms with van der Waals surface area (Å²) in [5, 5.41) is 8.58. The molecule has 2 aromatic rings. The molecule has 0 aromatic carbocycles. The van der Waals surface area contributed by atoms with Crippen molar-refractivity contribution in [3.63, 3.8) is 0 Å². The largest absolute Gasteiger partial charge is 0.359 e. The van der Waals surface area contributed by atoms with E-state index in [0.717, 1.165) is 10.6 Å². The molecule has 0 fully saturated rings. The molecule has 84 valence electrons. The maximum atomic E-state index is 11.3. The first-order valence-corrected chi connectivity index (χ1v) is 5.36. The third kappa shape index (κ3) is 2.16. The second-order valence-corrected chi connectivity index (χ2v) is 4.01. The highest BCUT2D eigenvalue weighted by atomic mass is 32.1. The number of nitrogens with zero attached hydrogens (tertiary/aromatic N) is 2. The van der Waals surface area contributed by atoms with E-state index in [4.69, 9.17) is 0 Å². The van der Waals surface area contributed by atoms with Crippen molar-refractivity contribution in [1.82, 2.24) is 20.2 Å². The molecule has 0 spiro atoms. The van der Waals surface area contributed by atoms with Gasteiger partial charge in [0, 0.05) is 4.88 Å². The topological polar surface area (TPSA) is 104 Å². The van der Waals surface area contributed by atoms with Crippen LogP contribution >= 0.6 is 11.3 Å².